The van der Waals surface area contributed by atoms with Gasteiger partial charge in [-0.1, -0.05) is 0 Å². The Morgan fingerprint density at radius 2 is 2.43 bits per heavy atom. The number of hydrogen-bond donors (Lipinski definition) is 3. The van der Waals surface area contributed by atoms with Gasteiger partial charge >= 0.3 is 0 Å². The summed E-state index contributed by atoms with van der Waals surface area (Å²) in [5, 5.41) is 28.2. The second kappa shape index (κ2) is 3.32. The second-order valence-corrected chi connectivity index (χ2v) is 3.32. The predicted molar refractivity (Wildman–Crippen MR) is 45.0 cm³/mol. The molecule has 0 spiro atoms. The quantitative estimate of drug-likeness (QED) is 0.548. The Labute approximate surface area is 80.4 Å². The summed E-state index contributed by atoms with van der Waals surface area (Å²) >= 11 is 0. The molecule has 3 N–H and O–H groups in total. The fourth-order valence-corrected chi connectivity index (χ4v) is 1.56. The molecular formula is C8H12N2O4. The van der Waals surface area contributed by atoms with Crippen molar-refractivity contribution in [3.8, 4) is 0 Å². The van der Waals surface area contributed by atoms with Crippen molar-refractivity contribution < 1.29 is 20.1 Å². The van der Waals surface area contributed by atoms with Gasteiger partial charge in [0, 0.05) is 12.4 Å². The normalized spacial score (nSPS) is 37.6. The van der Waals surface area contributed by atoms with E-state index < -0.39 is 18.1 Å². The molecule has 1 fully saturated rings. The highest BCUT2D eigenvalue weighted by Gasteiger charge is 2.45. The molecule has 78 valence electrons. The van der Waals surface area contributed by atoms with E-state index in [0.717, 1.165) is 0 Å². The lowest BCUT2D eigenvalue weighted by Crippen LogP contribution is -2.33. The zero-order valence-electron chi connectivity index (χ0n) is 7.45. The Kier molecular flexibility index (Phi) is 2.28. The highest BCUT2D eigenvalue weighted by atomic mass is 16.7. The first-order valence-electron chi connectivity index (χ1n) is 4.33. The monoisotopic (exact) mass is 200 g/mol. The first kappa shape index (κ1) is 9.60. The van der Waals surface area contributed by atoms with Crippen molar-refractivity contribution in [1.29, 1.82) is 0 Å². The van der Waals surface area contributed by atoms with E-state index in [4.69, 9.17) is 9.84 Å². The third kappa shape index (κ3) is 1.42. The van der Waals surface area contributed by atoms with Crippen molar-refractivity contribution in [3.05, 3.63) is 18.7 Å². The lowest BCUT2D eigenvalue weighted by atomic mass is 10.2. The summed E-state index contributed by atoms with van der Waals surface area (Å²) in [5.41, 5.74) is 0. The zero-order chi connectivity index (χ0) is 10.2. The molecule has 3 atom stereocenters. The number of nitrogens with zero attached hydrogens (tertiary/aromatic N) is 2. The minimum atomic E-state index is -1.59. The Bertz CT molecular complexity index is 302. The molecule has 2 heterocycles. The van der Waals surface area contributed by atoms with Crippen LogP contribution in [-0.4, -0.2) is 43.7 Å². The number of aliphatic hydroxyl groups is 3. The highest BCUT2D eigenvalue weighted by Crippen LogP contribution is 2.32. The molecule has 1 aromatic rings. The van der Waals surface area contributed by atoms with E-state index in [2.05, 4.69) is 4.98 Å². The van der Waals surface area contributed by atoms with Crippen LogP contribution < -0.4 is 0 Å². The number of aliphatic hydroxyl groups excluding tert-OH is 2. The number of ether oxygens (including phenoxy) is 1. The number of aromatic nitrogens is 2. The molecule has 0 unspecified atom stereocenters. The van der Waals surface area contributed by atoms with E-state index in [9.17, 15) is 10.2 Å². The Morgan fingerprint density at radius 3 is 2.93 bits per heavy atom. The maximum absolute atomic E-state index is 9.95. The van der Waals surface area contributed by atoms with Crippen molar-refractivity contribution in [2.75, 3.05) is 6.61 Å². The van der Waals surface area contributed by atoms with Gasteiger partial charge in [0.15, 0.2) is 0 Å². The van der Waals surface area contributed by atoms with Crippen LogP contribution in [0.25, 0.3) is 0 Å². The molecule has 0 bridgehead atoms. The van der Waals surface area contributed by atoms with Gasteiger partial charge in [0.1, 0.15) is 6.10 Å². The van der Waals surface area contributed by atoms with Gasteiger partial charge in [-0.2, -0.15) is 0 Å². The molecule has 14 heavy (non-hydrogen) atoms. The zero-order valence-corrected chi connectivity index (χ0v) is 7.45. The standard InChI is InChI=1S/C8H12N2O4/c11-4-7-6(12)3-8(13,14-7)10-2-1-9-5-10/h1-2,5-7,11-13H,3-4H2/t6-,7+,8-/m0/s1. The SMILES string of the molecule is OC[C@H]1O[C@](O)(n2ccnc2)C[C@@H]1O. The topological polar surface area (TPSA) is 87.7 Å². The molecule has 1 saturated heterocycles. The largest absolute Gasteiger partial charge is 0.394 e. The highest BCUT2D eigenvalue weighted by molar-refractivity contribution is 4.88. The molecule has 0 amide bonds. The summed E-state index contributed by atoms with van der Waals surface area (Å²) in [6, 6.07) is 0. The van der Waals surface area contributed by atoms with Gasteiger partial charge in [0.05, 0.1) is 25.5 Å². The van der Waals surface area contributed by atoms with Crippen LogP contribution in [0, 0.1) is 0 Å². The smallest absolute Gasteiger partial charge is 0.256 e. The molecule has 0 radical (unpaired) electrons. The van der Waals surface area contributed by atoms with E-state index in [0.29, 0.717) is 0 Å². The summed E-state index contributed by atoms with van der Waals surface area (Å²) < 4.78 is 6.49. The van der Waals surface area contributed by atoms with E-state index in [-0.39, 0.29) is 13.0 Å². The van der Waals surface area contributed by atoms with Crippen LogP contribution >= 0.6 is 0 Å². The van der Waals surface area contributed by atoms with Crippen LogP contribution in [0.15, 0.2) is 18.7 Å². The fourth-order valence-electron chi connectivity index (χ4n) is 1.56. The van der Waals surface area contributed by atoms with Crippen LogP contribution in [0.5, 0.6) is 0 Å². The summed E-state index contributed by atoms with van der Waals surface area (Å²) in [6.45, 7) is -0.321. The van der Waals surface area contributed by atoms with Crippen LogP contribution in [0.2, 0.25) is 0 Å². The van der Waals surface area contributed by atoms with Crippen LogP contribution in [0.3, 0.4) is 0 Å². The van der Waals surface area contributed by atoms with Crippen molar-refractivity contribution in [2.24, 2.45) is 0 Å². The molecule has 0 aromatic carbocycles. The van der Waals surface area contributed by atoms with Crippen molar-refractivity contribution in [3.63, 3.8) is 0 Å². The summed E-state index contributed by atoms with van der Waals surface area (Å²) in [6.07, 6.45) is 2.84. The minimum Gasteiger partial charge on any atom is -0.394 e. The second-order valence-electron chi connectivity index (χ2n) is 3.32. The lowest BCUT2D eigenvalue weighted by molar-refractivity contribution is -0.256. The van der Waals surface area contributed by atoms with Crippen LogP contribution in [-0.2, 0) is 10.6 Å². The Hall–Kier alpha value is -0.950. The first-order valence-corrected chi connectivity index (χ1v) is 4.33. The number of rotatable bonds is 2. The summed E-state index contributed by atoms with van der Waals surface area (Å²) in [7, 11) is 0. The lowest BCUT2D eigenvalue weighted by Gasteiger charge is -2.23. The average molecular weight is 200 g/mol. The fraction of sp³-hybridized carbons (Fsp3) is 0.625. The van der Waals surface area contributed by atoms with E-state index in [1.54, 1.807) is 0 Å². The van der Waals surface area contributed by atoms with Crippen molar-refractivity contribution in [1.82, 2.24) is 9.55 Å². The molecule has 1 aliphatic heterocycles. The molecule has 6 nitrogen and oxygen atoms in total. The van der Waals surface area contributed by atoms with Gasteiger partial charge in [0.2, 0.25) is 0 Å². The average Bonchev–Trinajstić information content (AvgIpc) is 2.73. The van der Waals surface area contributed by atoms with E-state index in [1.807, 2.05) is 0 Å². The van der Waals surface area contributed by atoms with Crippen LogP contribution in [0.1, 0.15) is 6.42 Å². The molecule has 0 saturated carbocycles. The minimum absolute atomic E-state index is 0.0224. The first-order chi connectivity index (χ1) is 6.65. The maximum Gasteiger partial charge on any atom is 0.256 e. The van der Waals surface area contributed by atoms with E-state index >= 15 is 0 Å². The third-order valence-electron chi connectivity index (χ3n) is 2.33. The van der Waals surface area contributed by atoms with Gasteiger partial charge in [0.25, 0.3) is 5.91 Å². The van der Waals surface area contributed by atoms with E-state index in [1.165, 1.54) is 23.3 Å². The van der Waals surface area contributed by atoms with Crippen molar-refractivity contribution >= 4 is 0 Å². The molecule has 0 aliphatic carbocycles. The van der Waals surface area contributed by atoms with Crippen molar-refractivity contribution in [2.45, 2.75) is 24.5 Å². The molecular weight excluding hydrogens is 188 g/mol. The van der Waals surface area contributed by atoms with Gasteiger partial charge in [-0.3, -0.25) is 4.57 Å². The third-order valence-corrected chi connectivity index (χ3v) is 2.33. The maximum atomic E-state index is 9.95. The summed E-state index contributed by atoms with van der Waals surface area (Å²) in [5.74, 6) is -1.59. The molecule has 1 aliphatic rings. The number of imidazole rings is 1. The Morgan fingerprint density at radius 1 is 1.64 bits per heavy atom. The number of hydrogen-bond acceptors (Lipinski definition) is 5. The van der Waals surface area contributed by atoms with Gasteiger partial charge in [-0.15, -0.1) is 0 Å². The van der Waals surface area contributed by atoms with Crippen LogP contribution in [0.4, 0.5) is 0 Å². The van der Waals surface area contributed by atoms with Gasteiger partial charge in [-0.05, 0) is 0 Å². The Balaban J connectivity index is 2.20. The summed E-state index contributed by atoms with van der Waals surface area (Å²) in [4.78, 5) is 3.77. The van der Waals surface area contributed by atoms with Gasteiger partial charge < -0.3 is 20.1 Å². The molecule has 1 aromatic heterocycles. The molecule has 2 rings (SSSR count). The molecule has 6 heteroatoms. The predicted octanol–water partition coefficient (Wildman–Crippen LogP) is -1.37. The van der Waals surface area contributed by atoms with Gasteiger partial charge in [-0.25, -0.2) is 4.98 Å².